The minimum Gasteiger partial charge on any atom is -0.349 e. The van der Waals surface area contributed by atoms with E-state index in [4.69, 9.17) is 11.6 Å². The molecule has 0 bridgehead atoms. The molecule has 1 aromatic heterocycles. The first-order valence-corrected chi connectivity index (χ1v) is 6.83. The third-order valence-corrected chi connectivity index (χ3v) is 3.23. The lowest BCUT2D eigenvalue weighted by Crippen LogP contribution is -2.38. The van der Waals surface area contributed by atoms with Gasteiger partial charge in [0.2, 0.25) is 0 Å². The van der Waals surface area contributed by atoms with Crippen molar-refractivity contribution in [2.24, 2.45) is 5.92 Å². The number of amides is 1. The van der Waals surface area contributed by atoms with Gasteiger partial charge in [0.05, 0.1) is 0 Å². The number of pyridine rings is 1. The fourth-order valence-corrected chi connectivity index (χ4v) is 2.08. The second kappa shape index (κ2) is 6.74. The van der Waals surface area contributed by atoms with E-state index in [2.05, 4.69) is 31.1 Å². The predicted octanol–water partition coefficient (Wildman–Crippen LogP) is 3.46. The van der Waals surface area contributed by atoms with Crippen LogP contribution < -0.4 is 5.32 Å². The van der Waals surface area contributed by atoms with E-state index in [0.717, 1.165) is 18.5 Å². The molecule has 1 N–H and O–H groups in total. The van der Waals surface area contributed by atoms with E-state index in [1.807, 2.05) is 6.92 Å². The van der Waals surface area contributed by atoms with E-state index >= 15 is 0 Å². The first kappa shape index (κ1) is 15.0. The number of aromatic nitrogens is 1. The Labute approximate surface area is 114 Å². The van der Waals surface area contributed by atoms with Gasteiger partial charge in [-0.3, -0.25) is 4.79 Å². The SMILES string of the molecule is CCc1cc(C(=O)NC(CC)C(C)C)cc(Cl)n1. The van der Waals surface area contributed by atoms with Crippen LogP contribution in [0.5, 0.6) is 0 Å². The molecule has 0 fully saturated rings. The molecular weight excluding hydrogens is 248 g/mol. The maximum absolute atomic E-state index is 12.1. The van der Waals surface area contributed by atoms with Gasteiger partial charge in [-0.05, 0) is 30.9 Å². The Morgan fingerprint density at radius 2 is 2.06 bits per heavy atom. The Bertz CT molecular complexity index is 418. The molecule has 100 valence electrons. The van der Waals surface area contributed by atoms with Crippen LogP contribution in [-0.2, 0) is 6.42 Å². The Morgan fingerprint density at radius 3 is 2.56 bits per heavy atom. The number of hydrogen-bond donors (Lipinski definition) is 1. The lowest BCUT2D eigenvalue weighted by atomic mass is 10.0. The first-order chi connectivity index (χ1) is 8.47. The van der Waals surface area contributed by atoms with E-state index in [9.17, 15) is 4.79 Å². The van der Waals surface area contributed by atoms with Gasteiger partial charge in [0.15, 0.2) is 0 Å². The highest BCUT2D eigenvalue weighted by molar-refractivity contribution is 6.29. The Balaban J connectivity index is 2.86. The Hall–Kier alpha value is -1.09. The molecule has 18 heavy (non-hydrogen) atoms. The average molecular weight is 269 g/mol. The van der Waals surface area contributed by atoms with E-state index in [-0.39, 0.29) is 11.9 Å². The van der Waals surface area contributed by atoms with Gasteiger partial charge in [-0.15, -0.1) is 0 Å². The van der Waals surface area contributed by atoms with E-state index in [1.165, 1.54) is 0 Å². The number of rotatable bonds is 5. The molecule has 0 saturated heterocycles. The van der Waals surface area contributed by atoms with Crippen molar-refractivity contribution in [3.8, 4) is 0 Å². The number of nitrogens with one attached hydrogen (secondary N) is 1. The van der Waals surface area contributed by atoms with Gasteiger partial charge < -0.3 is 5.32 Å². The lowest BCUT2D eigenvalue weighted by Gasteiger charge is -2.20. The van der Waals surface area contributed by atoms with E-state index < -0.39 is 0 Å². The van der Waals surface area contributed by atoms with Crippen molar-refractivity contribution in [1.29, 1.82) is 0 Å². The smallest absolute Gasteiger partial charge is 0.251 e. The predicted molar refractivity (Wildman–Crippen MR) is 75.0 cm³/mol. The summed E-state index contributed by atoms with van der Waals surface area (Å²) in [6.45, 7) is 8.27. The zero-order valence-corrected chi connectivity index (χ0v) is 12.2. The summed E-state index contributed by atoms with van der Waals surface area (Å²) < 4.78 is 0. The van der Waals surface area contributed by atoms with Crippen LogP contribution >= 0.6 is 11.6 Å². The highest BCUT2D eigenvalue weighted by Gasteiger charge is 2.16. The highest BCUT2D eigenvalue weighted by Crippen LogP contribution is 2.13. The van der Waals surface area contributed by atoms with Crippen molar-refractivity contribution in [2.45, 2.75) is 46.6 Å². The second-order valence-electron chi connectivity index (χ2n) is 4.76. The number of carbonyl (C=O) groups excluding carboxylic acids is 1. The number of halogens is 1. The van der Waals surface area contributed by atoms with Crippen LogP contribution in [0.2, 0.25) is 5.15 Å². The van der Waals surface area contributed by atoms with Gasteiger partial charge >= 0.3 is 0 Å². The quantitative estimate of drug-likeness (QED) is 0.831. The molecule has 0 aliphatic heterocycles. The topological polar surface area (TPSA) is 42.0 Å². The minimum atomic E-state index is -0.0745. The van der Waals surface area contributed by atoms with Gasteiger partial charge in [-0.1, -0.05) is 39.3 Å². The van der Waals surface area contributed by atoms with Crippen LogP contribution in [0, 0.1) is 5.92 Å². The molecule has 0 radical (unpaired) electrons. The summed E-state index contributed by atoms with van der Waals surface area (Å²) >= 11 is 5.91. The number of carbonyl (C=O) groups is 1. The summed E-state index contributed by atoms with van der Waals surface area (Å²) in [7, 11) is 0. The zero-order chi connectivity index (χ0) is 13.7. The molecule has 0 saturated carbocycles. The summed E-state index contributed by atoms with van der Waals surface area (Å²) in [5.41, 5.74) is 1.43. The van der Waals surface area contributed by atoms with Crippen LogP contribution in [-0.4, -0.2) is 16.9 Å². The number of aryl methyl sites for hydroxylation is 1. The van der Waals surface area contributed by atoms with Gasteiger partial charge in [0.25, 0.3) is 5.91 Å². The number of nitrogens with zero attached hydrogens (tertiary/aromatic N) is 1. The second-order valence-corrected chi connectivity index (χ2v) is 5.14. The van der Waals surface area contributed by atoms with Gasteiger partial charge in [0, 0.05) is 17.3 Å². The summed E-state index contributed by atoms with van der Waals surface area (Å²) in [4.78, 5) is 16.3. The minimum absolute atomic E-state index is 0.0745. The molecule has 4 heteroatoms. The normalized spacial score (nSPS) is 12.6. The molecule has 3 nitrogen and oxygen atoms in total. The third-order valence-electron chi connectivity index (χ3n) is 3.03. The summed E-state index contributed by atoms with van der Waals surface area (Å²) in [6.07, 6.45) is 1.69. The maximum Gasteiger partial charge on any atom is 0.251 e. The molecule has 1 heterocycles. The molecule has 1 amide bonds. The molecule has 0 spiro atoms. The number of hydrogen-bond acceptors (Lipinski definition) is 2. The van der Waals surface area contributed by atoms with Crippen LogP contribution in [0.15, 0.2) is 12.1 Å². The van der Waals surface area contributed by atoms with Gasteiger partial charge in [-0.25, -0.2) is 4.98 Å². The average Bonchev–Trinajstić information content (AvgIpc) is 2.34. The Morgan fingerprint density at radius 1 is 1.39 bits per heavy atom. The largest absolute Gasteiger partial charge is 0.349 e. The van der Waals surface area contributed by atoms with Crippen LogP contribution in [0.25, 0.3) is 0 Å². The van der Waals surface area contributed by atoms with Crippen molar-refractivity contribution in [2.75, 3.05) is 0 Å². The molecule has 0 aliphatic carbocycles. The first-order valence-electron chi connectivity index (χ1n) is 6.45. The molecule has 0 aromatic carbocycles. The summed E-state index contributed by atoms with van der Waals surface area (Å²) in [6, 6.07) is 3.60. The molecular formula is C14H21ClN2O. The van der Waals surface area contributed by atoms with Crippen LogP contribution in [0.3, 0.4) is 0 Å². The molecule has 1 rings (SSSR count). The summed E-state index contributed by atoms with van der Waals surface area (Å²) in [5, 5.41) is 3.41. The van der Waals surface area contributed by atoms with Crippen LogP contribution in [0.4, 0.5) is 0 Å². The molecule has 1 aromatic rings. The van der Waals surface area contributed by atoms with Crippen molar-refractivity contribution < 1.29 is 4.79 Å². The monoisotopic (exact) mass is 268 g/mol. The van der Waals surface area contributed by atoms with Crippen molar-refractivity contribution in [1.82, 2.24) is 10.3 Å². The molecule has 0 aliphatic rings. The fourth-order valence-electron chi connectivity index (χ4n) is 1.86. The van der Waals surface area contributed by atoms with Gasteiger partial charge in [-0.2, -0.15) is 0 Å². The molecule has 1 atom stereocenters. The maximum atomic E-state index is 12.1. The van der Waals surface area contributed by atoms with Crippen LogP contribution in [0.1, 0.15) is 50.2 Å². The van der Waals surface area contributed by atoms with Crippen molar-refractivity contribution in [3.63, 3.8) is 0 Å². The third kappa shape index (κ3) is 3.98. The lowest BCUT2D eigenvalue weighted by molar-refractivity contribution is 0.0924. The van der Waals surface area contributed by atoms with Crippen molar-refractivity contribution in [3.05, 3.63) is 28.5 Å². The Kier molecular flexibility index (Phi) is 5.60. The van der Waals surface area contributed by atoms with Crippen molar-refractivity contribution >= 4 is 17.5 Å². The summed E-state index contributed by atoms with van der Waals surface area (Å²) in [5.74, 6) is 0.344. The highest BCUT2D eigenvalue weighted by atomic mass is 35.5. The molecule has 1 unspecified atom stereocenters. The fraction of sp³-hybridized carbons (Fsp3) is 0.571. The van der Waals surface area contributed by atoms with Gasteiger partial charge in [0.1, 0.15) is 5.15 Å². The zero-order valence-electron chi connectivity index (χ0n) is 11.5. The standard InChI is InChI=1S/C14H21ClN2O/c1-5-11-7-10(8-13(15)16-11)14(18)17-12(6-2)9(3)4/h7-9,12H,5-6H2,1-4H3,(H,17,18). The van der Waals surface area contributed by atoms with E-state index in [1.54, 1.807) is 12.1 Å². The van der Waals surface area contributed by atoms with E-state index in [0.29, 0.717) is 16.6 Å².